The van der Waals surface area contributed by atoms with E-state index >= 15 is 0 Å². The molecule has 2 rings (SSSR count). The van der Waals surface area contributed by atoms with Crippen LogP contribution in [0.2, 0.25) is 0 Å². The van der Waals surface area contributed by atoms with Gasteiger partial charge in [0.1, 0.15) is 5.82 Å². The van der Waals surface area contributed by atoms with Gasteiger partial charge in [-0.2, -0.15) is 13.2 Å². The predicted octanol–water partition coefficient (Wildman–Crippen LogP) is 2.21. The van der Waals surface area contributed by atoms with Gasteiger partial charge in [-0.25, -0.2) is 0 Å². The average molecular weight is 296 g/mol. The zero-order valence-electron chi connectivity index (χ0n) is 10.7. The first-order chi connectivity index (χ1) is 9.86. The van der Waals surface area contributed by atoms with E-state index in [9.17, 15) is 18.0 Å². The summed E-state index contributed by atoms with van der Waals surface area (Å²) in [4.78, 5) is 10.8. The number of carbonyl (C=O) groups excluding carboxylic acids is 1. The van der Waals surface area contributed by atoms with Crippen molar-refractivity contribution in [2.24, 2.45) is 5.73 Å². The number of halogens is 3. The van der Waals surface area contributed by atoms with Crippen LogP contribution >= 0.6 is 0 Å². The molecule has 1 aromatic carbocycles. The molecule has 1 amide bonds. The second kappa shape index (κ2) is 5.78. The van der Waals surface area contributed by atoms with Gasteiger partial charge >= 0.3 is 6.18 Å². The maximum atomic E-state index is 12.6. The fourth-order valence-electron chi connectivity index (χ4n) is 1.61. The van der Waals surface area contributed by atoms with Crippen LogP contribution in [-0.2, 0) is 12.7 Å². The van der Waals surface area contributed by atoms with Crippen molar-refractivity contribution in [3.63, 3.8) is 0 Å². The van der Waals surface area contributed by atoms with Gasteiger partial charge < -0.3 is 11.1 Å². The molecule has 0 bridgehead atoms. The van der Waals surface area contributed by atoms with E-state index in [0.29, 0.717) is 11.4 Å². The molecule has 0 saturated carbocycles. The number of hydrogen-bond acceptors (Lipinski definition) is 4. The summed E-state index contributed by atoms with van der Waals surface area (Å²) >= 11 is 0. The molecule has 0 saturated heterocycles. The number of alkyl halides is 3. The largest absolute Gasteiger partial charge is 0.416 e. The highest BCUT2D eigenvalue weighted by Crippen LogP contribution is 2.29. The highest BCUT2D eigenvalue weighted by Gasteiger charge is 2.30. The molecule has 2 aromatic rings. The van der Waals surface area contributed by atoms with Gasteiger partial charge in [0.15, 0.2) is 5.69 Å². The standard InChI is InChI=1S/C13H11F3N4O/c14-13(15,16)9-3-1-2-8(6-9)7-18-11-5-4-10(12(17)21)19-20-11/h1-6H,7H2,(H2,17,21)(H,18,20). The molecule has 1 heterocycles. The zero-order valence-corrected chi connectivity index (χ0v) is 10.7. The van der Waals surface area contributed by atoms with Gasteiger partial charge in [-0.3, -0.25) is 4.79 Å². The first kappa shape index (κ1) is 14.8. The Morgan fingerprint density at radius 1 is 1.19 bits per heavy atom. The Bertz CT molecular complexity index is 641. The molecule has 0 atom stereocenters. The van der Waals surface area contributed by atoms with Crippen molar-refractivity contribution in [2.45, 2.75) is 12.7 Å². The second-order valence-corrected chi connectivity index (χ2v) is 4.22. The summed E-state index contributed by atoms with van der Waals surface area (Å²) in [5, 5.41) is 10.1. The number of benzene rings is 1. The summed E-state index contributed by atoms with van der Waals surface area (Å²) in [5.74, 6) is -0.371. The van der Waals surface area contributed by atoms with E-state index in [4.69, 9.17) is 5.73 Å². The summed E-state index contributed by atoms with van der Waals surface area (Å²) in [6.45, 7) is 0.147. The monoisotopic (exact) mass is 296 g/mol. The van der Waals surface area contributed by atoms with Crippen LogP contribution < -0.4 is 11.1 Å². The normalized spacial score (nSPS) is 11.2. The molecule has 0 unspecified atom stereocenters. The molecule has 110 valence electrons. The number of amides is 1. The molecular weight excluding hydrogens is 285 g/mol. The number of primary amides is 1. The van der Waals surface area contributed by atoms with E-state index in [-0.39, 0.29) is 12.2 Å². The highest BCUT2D eigenvalue weighted by molar-refractivity contribution is 5.90. The first-order valence-electron chi connectivity index (χ1n) is 5.90. The SMILES string of the molecule is NC(=O)c1ccc(NCc2cccc(C(F)(F)F)c2)nn1. The summed E-state index contributed by atoms with van der Waals surface area (Å²) in [7, 11) is 0. The van der Waals surface area contributed by atoms with Crippen LogP contribution in [0.25, 0.3) is 0 Å². The predicted molar refractivity (Wildman–Crippen MR) is 69.3 cm³/mol. The quantitative estimate of drug-likeness (QED) is 0.906. The Kier molecular flexibility index (Phi) is 4.06. The van der Waals surface area contributed by atoms with E-state index in [2.05, 4.69) is 15.5 Å². The Balaban J connectivity index is 2.04. The van der Waals surface area contributed by atoms with Gasteiger partial charge in [0.2, 0.25) is 0 Å². The Labute approximate surface area is 118 Å². The van der Waals surface area contributed by atoms with Crippen molar-refractivity contribution in [1.82, 2.24) is 10.2 Å². The number of hydrogen-bond donors (Lipinski definition) is 2. The smallest absolute Gasteiger partial charge is 0.365 e. The maximum absolute atomic E-state index is 12.6. The van der Waals surface area contributed by atoms with Gasteiger partial charge in [-0.1, -0.05) is 12.1 Å². The third kappa shape index (κ3) is 3.91. The molecule has 0 radical (unpaired) electrons. The van der Waals surface area contributed by atoms with Crippen molar-refractivity contribution >= 4 is 11.7 Å². The molecule has 0 aliphatic carbocycles. The Morgan fingerprint density at radius 2 is 1.95 bits per heavy atom. The van der Waals surface area contributed by atoms with E-state index in [1.54, 1.807) is 6.07 Å². The number of nitrogens with one attached hydrogen (secondary N) is 1. The van der Waals surface area contributed by atoms with Crippen LogP contribution in [0.15, 0.2) is 36.4 Å². The Morgan fingerprint density at radius 3 is 2.52 bits per heavy atom. The minimum atomic E-state index is -4.38. The van der Waals surface area contributed by atoms with Crippen molar-refractivity contribution < 1.29 is 18.0 Å². The minimum absolute atomic E-state index is 0.0135. The third-order valence-corrected chi connectivity index (χ3v) is 2.64. The lowest BCUT2D eigenvalue weighted by Gasteiger charge is -2.09. The summed E-state index contributed by atoms with van der Waals surface area (Å²) in [6, 6.07) is 7.81. The molecule has 0 spiro atoms. The molecule has 8 heteroatoms. The number of nitrogens with two attached hydrogens (primary N) is 1. The lowest BCUT2D eigenvalue weighted by Crippen LogP contribution is -2.14. The Hall–Kier alpha value is -2.64. The lowest BCUT2D eigenvalue weighted by molar-refractivity contribution is -0.137. The van der Waals surface area contributed by atoms with Crippen LogP contribution in [0, 0.1) is 0 Å². The van der Waals surface area contributed by atoms with Gasteiger partial charge in [-0.15, -0.1) is 10.2 Å². The van der Waals surface area contributed by atoms with Crippen LogP contribution in [-0.4, -0.2) is 16.1 Å². The fraction of sp³-hybridized carbons (Fsp3) is 0.154. The van der Waals surface area contributed by atoms with Crippen molar-refractivity contribution in [1.29, 1.82) is 0 Å². The van der Waals surface area contributed by atoms with Crippen molar-refractivity contribution in [3.8, 4) is 0 Å². The summed E-state index contributed by atoms with van der Waals surface area (Å²) in [6.07, 6.45) is -4.38. The highest BCUT2D eigenvalue weighted by atomic mass is 19.4. The second-order valence-electron chi connectivity index (χ2n) is 4.22. The maximum Gasteiger partial charge on any atom is 0.416 e. The number of rotatable bonds is 4. The minimum Gasteiger partial charge on any atom is -0.365 e. The van der Waals surface area contributed by atoms with Crippen molar-refractivity contribution in [2.75, 3.05) is 5.32 Å². The number of aromatic nitrogens is 2. The van der Waals surface area contributed by atoms with Crippen molar-refractivity contribution in [3.05, 3.63) is 53.2 Å². The van der Waals surface area contributed by atoms with E-state index < -0.39 is 17.6 Å². The molecule has 21 heavy (non-hydrogen) atoms. The summed E-state index contributed by atoms with van der Waals surface area (Å²) in [5.41, 5.74) is 4.77. The van der Waals surface area contributed by atoms with Gasteiger partial charge in [0.25, 0.3) is 5.91 Å². The zero-order chi connectivity index (χ0) is 15.5. The fourth-order valence-corrected chi connectivity index (χ4v) is 1.61. The number of nitrogens with zero attached hydrogens (tertiary/aromatic N) is 2. The van der Waals surface area contributed by atoms with Gasteiger partial charge in [0.05, 0.1) is 5.56 Å². The molecule has 0 fully saturated rings. The van der Waals surface area contributed by atoms with Crippen LogP contribution in [0.3, 0.4) is 0 Å². The molecule has 3 N–H and O–H groups in total. The summed E-state index contributed by atoms with van der Waals surface area (Å²) < 4.78 is 37.7. The van der Waals surface area contributed by atoms with E-state index in [0.717, 1.165) is 12.1 Å². The van der Waals surface area contributed by atoms with Gasteiger partial charge in [-0.05, 0) is 29.8 Å². The number of carbonyl (C=O) groups is 1. The van der Waals surface area contributed by atoms with E-state index in [1.807, 2.05) is 0 Å². The molecular formula is C13H11F3N4O. The van der Waals surface area contributed by atoms with Crippen LogP contribution in [0.1, 0.15) is 21.6 Å². The molecule has 5 nitrogen and oxygen atoms in total. The van der Waals surface area contributed by atoms with Gasteiger partial charge in [0, 0.05) is 6.54 Å². The topological polar surface area (TPSA) is 80.9 Å². The third-order valence-electron chi connectivity index (χ3n) is 2.64. The molecule has 0 aliphatic rings. The molecule has 1 aromatic heterocycles. The number of anilines is 1. The average Bonchev–Trinajstić information content (AvgIpc) is 2.45. The lowest BCUT2D eigenvalue weighted by atomic mass is 10.1. The van der Waals surface area contributed by atoms with E-state index in [1.165, 1.54) is 18.2 Å². The molecule has 0 aliphatic heterocycles. The van der Waals surface area contributed by atoms with Crippen LogP contribution in [0.4, 0.5) is 19.0 Å². The van der Waals surface area contributed by atoms with Crippen LogP contribution in [0.5, 0.6) is 0 Å². The first-order valence-corrected chi connectivity index (χ1v) is 5.90.